The molecule has 1 heterocycles. The molecule has 0 spiro atoms. The van der Waals surface area contributed by atoms with Gasteiger partial charge in [0.2, 0.25) is 5.91 Å². The van der Waals surface area contributed by atoms with Crippen LogP contribution in [0.4, 0.5) is 0 Å². The Morgan fingerprint density at radius 3 is 2.05 bits per heavy atom. The molecule has 3 aliphatic rings. The lowest BCUT2D eigenvalue weighted by molar-refractivity contribution is -0.131. The minimum Gasteiger partial charge on any atom is -0.376 e. The first-order valence-electron chi connectivity index (χ1n) is 14.6. The van der Waals surface area contributed by atoms with Crippen molar-refractivity contribution >= 4 is 23.6 Å². The number of amidine groups is 1. The van der Waals surface area contributed by atoms with Crippen LogP contribution in [0.25, 0.3) is 0 Å². The molecule has 2 aromatic carbocycles. The maximum absolute atomic E-state index is 13.2. The van der Waals surface area contributed by atoms with E-state index in [0.29, 0.717) is 36.3 Å². The third kappa shape index (κ3) is 5.02. The van der Waals surface area contributed by atoms with Crippen LogP contribution in [0, 0.1) is 22.7 Å². The number of amides is 3. The van der Waals surface area contributed by atoms with Gasteiger partial charge >= 0.3 is 0 Å². The third-order valence-corrected chi connectivity index (χ3v) is 9.20. The summed E-state index contributed by atoms with van der Waals surface area (Å²) < 4.78 is 0. The fourth-order valence-corrected chi connectivity index (χ4v) is 7.04. The highest BCUT2D eigenvalue weighted by Gasteiger charge is 2.54. The quantitative estimate of drug-likeness (QED) is 0.242. The first-order chi connectivity index (χ1) is 20.2. The lowest BCUT2D eigenvalue weighted by Gasteiger charge is -2.39. The van der Waals surface area contributed by atoms with Crippen LogP contribution in [0.1, 0.15) is 69.2 Å². The lowest BCUT2D eigenvalue weighted by atomic mass is 9.67. The molecule has 220 valence electrons. The zero-order valence-corrected chi connectivity index (χ0v) is 24.6. The van der Waals surface area contributed by atoms with E-state index < -0.39 is 5.41 Å². The van der Waals surface area contributed by atoms with Gasteiger partial charge in [-0.1, -0.05) is 12.1 Å². The molecular weight excluding hydrogens is 530 g/mol. The molecule has 0 bridgehead atoms. The molecule has 4 atom stereocenters. The number of piperidine rings is 1. The Bertz CT molecular complexity index is 1410. The van der Waals surface area contributed by atoms with Gasteiger partial charge in [0.1, 0.15) is 11.9 Å². The number of hydrogen-bond acceptors (Lipinski definition) is 6. The molecule has 1 aliphatic heterocycles. The van der Waals surface area contributed by atoms with Crippen LogP contribution in [0.2, 0.25) is 0 Å². The van der Waals surface area contributed by atoms with E-state index in [4.69, 9.17) is 0 Å². The first-order valence-corrected chi connectivity index (χ1v) is 14.6. The Morgan fingerprint density at radius 2 is 1.55 bits per heavy atom. The standard InChI is InChI=1S/C32H39N7O3/c1-18(38-17-28(40)39-24(16-33)13-23-14-27(23)39)15-32(31(34)37-4)25-9-7-21(29(41)35-2)11-19(25)5-6-20-12-22(30(42)36-3)8-10-26(20)32/h7-12,18,23-24,27,38H,5-6,13-15,17H2,1-4H3,(H2,34,37)(H,35,41)(H,36,42)/t18-,23-,24+,27+/m1/s1. The summed E-state index contributed by atoms with van der Waals surface area (Å²) in [5, 5.41) is 30.8. The number of nitrogens with zero attached hydrogens (tertiary/aromatic N) is 2. The van der Waals surface area contributed by atoms with Gasteiger partial charge in [0.05, 0.1) is 18.0 Å². The lowest BCUT2D eigenvalue weighted by Crippen LogP contribution is -2.50. The van der Waals surface area contributed by atoms with Gasteiger partial charge in [-0.3, -0.25) is 19.8 Å². The van der Waals surface area contributed by atoms with Gasteiger partial charge in [-0.05, 0) is 91.5 Å². The number of carbonyl (C=O) groups is 3. The second kappa shape index (κ2) is 11.6. The van der Waals surface area contributed by atoms with Gasteiger partial charge in [0.25, 0.3) is 11.8 Å². The topological polar surface area (TPSA) is 150 Å². The summed E-state index contributed by atoms with van der Waals surface area (Å²) in [4.78, 5) is 40.0. The summed E-state index contributed by atoms with van der Waals surface area (Å²) in [7, 11) is 4.93. The van der Waals surface area contributed by atoms with E-state index in [1.807, 2.05) is 31.2 Å². The Hall–Kier alpha value is -4.23. The highest BCUT2D eigenvalue weighted by atomic mass is 16.2. The minimum atomic E-state index is -0.932. The zero-order valence-electron chi connectivity index (χ0n) is 24.6. The van der Waals surface area contributed by atoms with Crippen LogP contribution in [0.5, 0.6) is 0 Å². The molecule has 2 aliphatic carbocycles. The molecule has 10 nitrogen and oxygen atoms in total. The van der Waals surface area contributed by atoms with E-state index in [9.17, 15) is 25.1 Å². The Labute approximate surface area is 246 Å². The number of nitrogens with one attached hydrogen (secondary N) is 5. The largest absolute Gasteiger partial charge is 0.376 e. The van der Waals surface area contributed by atoms with Gasteiger partial charge in [0, 0.05) is 44.4 Å². The summed E-state index contributed by atoms with van der Waals surface area (Å²) in [5.41, 5.74) is 3.93. The van der Waals surface area contributed by atoms with E-state index in [2.05, 4.69) is 27.3 Å². The van der Waals surface area contributed by atoms with Crippen LogP contribution in [0.15, 0.2) is 36.4 Å². The number of aryl methyl sites for hydroxylation is 2. The number of nitriles is 1. The average Bonchev–Trinajstić information content (AvgIpc) is 3.71. The van der Waals surface area contributed by atoms with Crippen molar-refractivity contribution in [3.05, 3.63) is 69.8 Å². The van der Waals surface area contributed by atoms with E-state index in [1.54, 1.807) is 38.2 Å². The summed E-state index contributed by atoms with van der Waals surface area (Å²) >= 11 is 0. The maximum Gasteiger partial charge on any atom is 0.251 e. The third-order valence-electron chi connectivity index (χ3n) is 9.20. The number of likely N-dealkylation sites (tertiary alicyclic amines) is 1. The molecule has 2 aromatic rings. The predicted molar refractivity (Wildman–Crippen MR) is 159 cm³/mol. The number of rotatable bonds is 8. The van der Waals surface area contributed by atoms with Crippen LogP contribution in [0.3, 0.4) is 0 Å². The predicted octanol–water partition coefficient (Wildman–Crippen LogP) is 1.87. The molecule has 2 fully saturated rings. The number of hydrogen-bond donors (Lipinski definition) is 5. The van der Waals surface area contributed by atoms with Crippen molar-refractivity contribution in [2.45, 2.75) is 62.6 Å². The van der Waals surface area contributed by atoms with Crippen molar-refractivity contribution in [3.8, 4) is 6.07 Å². The van der Waals surface area contributed by atoms with Crippen molar-refractivity contribution < 1.29 is 14.4 Å². The molecule has 1 saturated carbocycles. The molecular formula is C32H39N7O3. The molecule has 1 saturated heterocycles. The van der Waals surface area contributed by atoms with Crippen LogP contribution in [-0.2, 0) is 23.1 Å². The Kier molecular flexibility index (Phi) is 8.06. The second-order valence-electron chi connectivity index (χ2n) is 11.7. The van der Waals surface area contributed by atoms with Crippen LogP contribution in [-0.4, -0.2) is 74.3 Å². The summed E-state index contributed by atoms with van der Waals surface area (Å²) in [5.74, 6) is 0.314. The highest BCUT2D eigenvalue weighted by molar-refractivity contribution is 5.98. The molecule has 5 N–H and O–H groups in total. The summed E-state index contributed by atoms with van der Waals surface area (Å²) in [6.45, 7) is 2.11. The van der Waals surface area contributed by atoms with Gasteiger partial charge in [-0.15, -0.1) is 0 Å². The number of benzene rings is 2. The van der Waals surface area contributed by atoms with E-state index in [-0.39, 0.29) is 48.2 Å². The van der Waals surface area contributed by atoms with Crippen molar-refractivity contribution in [1.82, 2.24) is 26.2 Å². The van der Waals surface area contributed by atoms with Gasteiger partial charge < -0.3 is 26.2 Å². The monoisotopic (exact) mass is 569 g/mol. The molecule has 0 aromatic heterocycles. The Morgan fingerprint density at radius 1 is 0.976 bits per heavy atom. The molecule has 0 radical (unpaired) electrons. The molecule has 10 heteroatoms. The van der Waals surface area contributed by atoms with E-state index in [1.165, 1.54) is 0 Å². The summed E-state index contributed by atoms with van der Waals surface area (Å²) in [6.07, 6.45) is 3.46. The average molecular weight is 570 g/mol. The Balaban J connectivity index is 1.53. The number of carbonyl (C=O) groups excluding carboxylic acids is 3. The second-order valence-corrected chi connectivity index (χ2v) is 11.7. The maximum atomic E-state index is 13.2. The van der Waals surface area contributed by atoms with Crippen molar-refractivity contribution in [2.75, 3.05) is 27.7 Å². The highest BCUT2D eigenvalue weighted by Crippen LogP contribution is 2.48. The molecule has 5 rings (SSSR count). The fourth-order valence-electron chi connectivity index (χ4n) is 7.04. The van der Waals surface area contributed by atoms with Crippen molar-refractivity contribution in [2.24, 2.45) is 5.92 Å². The van der Waals surface area contributed by atoms with E-state index in [0.717, 1.165) is 35.1 Å². The normalized spacial score (nSPS) is 21.9. The van der Waals surface area contributed by atoms with Crippen molar-refractivity contribution in [1.29, 1.82) is 10.7 Å². The molecule has 3 amide bonds. The fraction of sp³-hybridized carbons (Fsp3) is 0.469. The van der Waals surface area contributed by atoms with E-state index >= 15 is 0 Å². The van der Waals surface area contributed by atoms with Gasteiger partial charge in [0.15, 0.2) is 0 Å². The van der Waals surface area contributed by atoms with Crippen LogP contribution >= 0.6 is 0 Å². The molecule has 0 unspecified atom stereocenters. The zero-order chi connectivity index (χ0) is 30.2. The molecule has 42 heavy (non-hydrogen) atoms. The van der Waals surface area contributed by atoms with Gasteiger partial charge in [-0.2, -0.15) is 5.26 Å². The number of fused-ring (bicyclic) bond motifs is 3. The SMILES string of the molecule is CNC(=N)C1(C[C@@H](C)NCC(=O)N2[C@H](C#N)C[C@@H]3C[C@@H]32)c2ccc(C(=O)NC)cc2CCc2cc(C(=O)NC)ccc21. The summed E-state index contributed by atoms with van der Waals surface area (Å²) in [6, 6.07) is 13.2. The van der Waals surface area contributed by atoms with Crippen molar-refractivity contribution in [3.63, 3.8) is 0 Å². The van der Waals surface area contributed by atoms with Gasteiger partial charge in [-0.25, -0.2) is 0 Å². The van der Waals surface area contributed by atoms with Crippen LogP contribution < -0.4 is 21.3 Å². The number of likely N-dealkylation sites (N-methyl/N-ethyl adjacent to an activating group) is 1. The smallest absolute Gasteiger partial charge is 0.251 e. The first kappa shape index (κ1) is 29.3. The minimum absolute atomic E-state index is 0.0664.